The van der Waals surface area contributed by atoms with Gasteiger partial charge in [0.05, 0.1) is 19.3 Å². The highest BCUT2D eigenvalue weighted by Gasteiger charge is 2.12. The van der Waals surface area contributed by atoms with Crippen LogP contribution < -0.4 is 16.0 Å². The Morgan fingerprint density at radius 3 is 2.44 bits per heavy atom. The van der Waals surface area contributed by atoms with Crippen LogP contribution in [0.2, 0.25) is 0 Å². The third kappa shape index (κ3) is 8.91. The van der Waals surface area contributed by atoms with Crippen LogP contribution in [-0.2, 0) is 4.74 Å². The molecule has 0 heterocycles. The molecule has 1 aliphatic rings. The summed E-state index contributed by atoms with van der Waals surface area (Å²) in [6, 6.07) is 9.24. The molecule has 0 unspecified atom stereocenters. The van der Waals surface area contributed by atoms with Gasteiger partial charge < -0.3 is 20.7 Å². The Morgan fingerprint density at radius 1 is 1.04 bits per heavy atom. The van der Waals surface area contributed by atoms with E-state index in [-0.39, 0.29) is 5.91 Å². The van der Waals surface area contributed by atoms with Crippen molar-refractivity contribution in [2.24, 2.45) is 4.99 Å². The molecule has 0 bridgehead atoms. The van der Waals surface area contributed by atoms with Crippen LogP contribution in [0.5, 0.6) is 0 Å². The van der Waals surface area contributed by atoms with Crippen molar-refractivity contribution >= 4 is 11.9 Å². The lowest BCUT2D eigenvalue weighted by Crippen LogP contribution is -2.41. The summed E-state index contributed by atoms with van der Waals surface area (Å²) in [7, 11) is 0. The van der Waals surface area contributed by atoms with Gasteiger partial charge in [-0.3, -0.25) is 9.79 Å². The normalized spacial score (nSPS) is 15.8. The number of carbonyl (C=O) groups excluding carboxylic acids is 1. The van der Waals surface area contributed by atoms with E-state index in [9.17, 15) is 4.79 Å². The second kappa shape index (κ2) is 13.1. The molecule has 150 valence electrons. The molecule has 3 N–H and O–H groups in total. The molecular weight excluding hydrogens is 340 g/mol. The van der Waals surface area contributed by atoms with Gasteiger partial charge in [-0.25, -0.2) is 0 Å². The molecule has 1 aliphatic carbocycles. The van der Waals surface area contributed by atoms with Gasteiger partial charge in [0.25, 0.3) is 5.91 Å². The molecule has 2 rings (SSSR count). The number of nitrogens with one attached hydrogen (secondary N) is 3. The van der Waals surface area contributed by atoms with Crippen molar-refractivity contribution in [3.05, 3.63) is 35.9 Å². The summed E-state index contributed by atoms with van der Waals surface area (Å²) < 4.78 is 5.98. The summed E-state index contributed by atoms with van der Waals surface area (Å²) >= 11 is 0. The molecule has 0 spiro atoms. The lowest BCUT2D eigenvalue weighted by Gasteiger charge is -2.15. The lowest BCUT2D eigenvalue weighted by molar-refractivity contribution is 0.0487. The summed E-state index contributed by atoms with van der Waals surface area (Å²) in [6.07, 6.45) is 8.03. The van der Waals surface area contributed by atoms with Crippen molar-refractivity contribution in [3.63, 3.8) is 0 Å². The molecule has 0 radical (unpaired) electrons. The van der Waals surface area contributed by atoms with Gasteiger partial charge >= 0.3 is 0 Å². The van der Waals surface area contributed by atoms with Crippen molar-refractivity contribution in [1.29, 1.82) is 0 Å². The first-order valence-corrected chi connectivity index (χ1v) is 10.3. The van der Waals surface area contributed by atoms with E-state index in [1.165, 1.54) is 38.5 Å². The maximum atomic E-state index is 12.0. The molecule has 1 fully saturated rings. The van der Waals surface area contributed by atoms with Crippen LogP contribution in [0.4, 0.5) is 0 Å². The largest absolute Gasteiger partial charge is 0.376 e. The highest BCUT2D eigenvalue weighted by molar-refractivity contribution is 5.94. The van der Waals surface area contributed by atoms with E-state index in [4.69, 9.17) is 4.74 Å². The zero-order valence-corrected chi connectivity index (χ0v) is 16.5. The average molecular weight is 375 g/mol. The number of hydrogen-bond acceptors (Lipinski definition) is 3. The van der Waals surface area contributed by atoms with Crippen molar-refractivity contribution in [3.8, 4) is 0 Å². The molecule has 1 amide bonds. The second-order valence-electron chi connectivity index (χ2n) is 6.79. The molecule has 0 atom stereocenters. The standard InChI is InChI=1S/C21H34N4O2/c1-2-22-21(25-16-17-27-19-12-8-3-4-9-13-19)24-15-14-23-20(26)18-10-6-5-7-11-18/h5-7,10-11,19H,2-4,8-9,12-17H2,1H3,(H,23,26)(H2,22,24,25). The maximum Gasteiger partial charge on any atom is 0.251 e. The molecule has 0 saturated heterocycles. The number of hydrogen-bond donors (Lipinski definition) is 3. The number of rotatable bonds is 9. The minimum atomic E-state index is -0.0591. The Morgan fingerprint density at radius 2 is 1.74 bits per heavy atom. The van der Waals surface area contributed by atoms with Crippen LogP contribution in [0, 0.1) is 0 Å². The summed E-state index contributed by atoms with van der Waals surface area (Å²) in [4.78, 5) is 16.6. The molecular formula is C21H34N4O2. The quantitative estimate of drug-likeness (QED) is 0.269. The van der Waals surface area contributed by atoms with E-state index in [0.29, 0.717) is 37.9 Å². The minimum Gasteiger partial charge on any atom is -0.376 e. The van der Waals surface area contributed by atoms with Gasteiger partial charge in [0.15, 0.2) is 5.96 Å². The van der Waals surface area contributed by atoms with E-state index >= 15 is 0 Å². The van der Waals surface area contributed by atoms with Gasteiger partial charge in [0, 0.05) is 25.2 Å². The van der Waals surface area contributed by atoms with Gasteiger partial charge in [-0.05, 0) is 31.9 Å². The van der Waals surface area contributed by atoms with Gasteiger partial charge in [-0.1, -0.05) is 43.9 Å². The van der Waals surface area contributed by atoms with Crippen molar-refractivity contribution in [2.75, 3.05) is 32.8 Å². The van der Waals surface area contributed by atoms with E-state index in [2.05, 4.69) is 20.9 Å². The van der Waals surface area contributed by atoms with Crippen LogP contribution >= 0.6 is 0 Å². The number of nitrogens with zero attached hydrogens (tertiary/aromatic N) is 1. The number of amides is 1. The van der Waals surface area contributed by atoms with E-state index in [0.717, 1.165) is 12.5 Å². The molecule has 0 aromatic heterocycles. The average Bonchev–Trinajstić information content (AvgIpc) is 2.97. The van der Waals surface area contributed by atoms with E-state index in [1.807, 2.05) is 37.3 Å². The molecule has 1 saturated carbocycles. The SMILES string of the molecule is CCNC(=NCCOC1CCCCCC1)NCCNC(=O)c1ccccc1. The zero-order valence-electron chi connectivity index (χ0n) is 16.5. The fourth-order valence-corrected chi connectivity index (χ4v) is 3.18. The Kier molecular flexibility index (Phi) is 10.3. The molecule has 0 aliphatic heterocycles. The third-order valence-electron chi connectivity index (χ3n) is 4.60. The van der Waals surface area contributed by atoms with Gasteiger partial charge in [-0.2, -0.15) is 0 Å². The molecule has 27 heavy (non-hydrogen) atoms. The molecule has 6 nitrogen and oxygen atoms in total. The molecule has 6 heteroatoms. The molecule has 1 aromatic rings. The Hall–Kier alpha value is -2.08. The van der Waals surface area contributed by atoms with Crippen molar-refractivity contribution < 1.29 is 9.53 Å². The first kappa shape index (κ1) is 21.2. The van der Waals surface area contributed by atoms with Gasteiger partial charge in [0.1, 0.15) is 0 Å². The van der Waals surface area contributed by atoms with Crippen LogP contribution in [0.15, 0.2) is 35.3 Å². The predicted molar refractivity (Wildman–Crippen MR) is 110 cm³/mol. The van der Waals surface area contributed by atoms with Crippen LogP contribution in [0.3, 0.4) is 0 Å². The number of carbonyl (C=O) groups is 1. The number of ether oxygens (including phenoxy) is 1. The Labute approximate surface area is 163 Å². The Bertz CT molecular complexity index is 555. The first-order valence-electron chi connectivity index (χ1n) is 10.3. The van der Waals surface area contributed by atoms with Crippen molar-refractivity contribution in [2.45, 2.75) is 51.6 Å². The van der Waals surface area contributed by atoms with Crippen LogP contribution in [0.1, 0.15) is 55.8 Å². The monoisotopic (exact) mass is 374 g/mol. The highest BCUT2D eigenvalue weighted by atomic mass is 16.5. The Balaban J connectivity index is 1.63. The fourth-order valence-electron chi connectivity index (χ4n) is 3.18. The van der Waals surface area contributed by atoms with E-state index in [1.54, 1.807) is 0 Å². The van der Waals surface area contributed by atoms with Crippen LogP contribution in [0.25, 0.3) is 0 Å². The summed E-state index contributed by atoms with van der Waals surface area (Å²) in [5, 5.41) is 9.37. The number of guanidine groups is 1. The highest BCUT2D eigenvalue weighted by Crippen LogP contribution is 2.19. The van der Waals surface area contributed by atoms with Crippen molar-refractivity contribution in [1.82, 2.24) is 16.0 Å². The molecule has 1 aromatic carbocycles. The smallest absolute Gasteiger partial charge is 0.251 e. The minimum absolute atomic E-state index is 0.0591. The summed E-state index contributed by atoms with van der Waals surface area (Å²) in [5.41, 5.74) is 0.675. The zero-order chi connectivity index (χ0) is 19.2. The van der Waals surface area contributed by atoms with Crippen LogP contribution in [-0.4, -0.2) is 50.8 Å². The third-order valence-corrected chi connectivity index (χ3v) is 4.60. The summed E-state index contributed by atoms with van der Waals surface area (Å²) in [6.45, 7) is 5.29. The lowest BCUT2D eigenvalue weighted by atomic mass is 10.1. The number of aliphatic imine (C=N–C) groups is 1. The maximum absolute atomic E-state index is 12.0. The van der Waals surface area contributed by atoms with Gasteiger partial charge in [0.2, 0.25) is 0 Å². The van der Waals surface area contributed by atoms with E-state index < -0.39 is 0 Å². The number of benzene rings is 1. The first-order chi connectivity index (χ1) is 13.3. The summed E-state index contributed by atoms with van der Waals surface area (Å²) in [5.74, 6) is 0.701. The second-order valence-corrected chi connectivity index (χ2v) is 6.79. The topological polar surface area (TPSA) is 74.8 Å². The predicted octanol–water partition coefficient (Wildman–Crippen LogP) is 2.71. The van der Waals surface area contributed by atoms with Gasteiger partial charge in [-0.15, -0.1) is 0 Å². The fraction of sp³-hybridized carbons (Fsp3) is 0.619.